The van der Waals surface area contributed by atoms with Gasteiger partial charge in [0.15, 0.2) is 12.0 Å². The molecule has 1 amide bonds. The highest BCUT2D eigenvalue weighted by Gasteiger charge is 2.22. The van der Waals surface area contributed by atoms with Crippen molar-refractivity contribution in [3.8, 4) is 11.3 Å². The summed E-state index contributed by atoms with van der Waals surface area (Å²) in [4.78, 5) is 22.3. The van der Waals surface area contributed by atoms with Crippen molar-refractivity contribution in [2.45, 2.75) is 13.3 Å². The van der Waals surface area contributed by atoms with Gasteiger partial charge in [-0.25, -0.2) is 5.01 Å². The van der Waals surface area contributed by atoms with E-state index in [0.29, 0.717) is 24.2 Å². The third-order valence-electron chi connectivity index (χ3n) is 3.05. The summed E-state index contributed by atoms with van der Waals surface area (Å²) in [7, 11) is 0. The number of amides is 1. The van der Waals surface area contributed by atoms with Crippen LogP contribution in [0, 0.1) is 0 Å². The number of aldehydes is 1. The lowest BCUT2D eigenvalue weighted by Gasteiger charge is -2.11. The molecule has 5 heteroatoms. The lowest BCUT2D eigenvalue weighted by molar-refractivity contribution is -0.116. The highest BCUT2D eigenvalue weighted by atomic mass is 16.3. The zero-order chi connectivity index (χ0) is 14.1. The number of anilines is 1. The normalized spacial score (nSPS) is 14.6. The summed E-state index contributed by atoms with van der Waals surface area (Å²) in [6.45, 7) is 1.83. The Hall–Kier alpha value is -2.69. The van der Waals surface area contributed by atoms with Crippen molar-refractivity contribution in [2.24, 2.45) is 5.10 Å². The first-order valence-electron chi connectivity index (χ1n) is 6.20. The van der Waals surface area contributed by atoms with E-state index in [4.69, 9.17) is 4.42 Å². The lowest BCUT2D eigenvalue weighted by atomic mass is 10.1. The van der Waals surface area contributed by atoms with Crippen LogP contribution in [0.2, 0.25) is 0 Å². The summed E-state index contributed by atoms with van der Waals surface area (Å²) in [5, 5.41) is 5.59. The van der Waals surface area contributed by atoms with Crippen LogP contribution in [0.4, 0.5) is 5.69 Å². The minimum Gasteiger partial charge on any atom is -0.453 e. The maximum absolute atomic E-state index is 11.7. The number of rotatable bonds is 3. The minimum atomic E-state index is -0.0310. The Bertz CT molecular complexity index is 698. The molecule has 0 aliphatic carbocycles. The number of benzene rings is 1. The smallest absolute Gasteiger partial charge is 0.253 e. The van der Waals surface area contributed by atoms with Gasteiger partial charge in [-0.2, -0.15) is 5.10 Å². The van der Waals surface area contributed by atoms with Crippen molar-refractivity contribution in [3.05, 3.63) is 42.2 Å². The molecular formula is C15H12N2O3. The van der Waals surface area contributed by atoms with Crippen molar-refractivity contribution in [3.63, 3.8) is 0 Å². The van der Waals surface area contributed by atoms with Crippen LogP contribution in [-0.2, 0) is 4.79 Å². The number of hydrogen-bond acceptors (Lipinski definition) is 4. The van der Waals surface area contributed by atoms with Crippen molar-refractivity contribution >= 4 is 23.6 Å². The largest absolute Gasteiger partial charge is 0.453 e. The molecular weight excluding hydrogens is 256 g/mol. The first kappa shape index (κ1) is 12.3. The van der Waals surface area contributed by atoms with E-state index in [2.05, 4.69) is 5.10 Å². The number of hydrogen-bond donors (Lipinski definition) is 0. The van der Waals surface area contributed by atoms with E-state index in [1.807, 2.05) is 19.1 Å². The molecule has 2 heterocycles. The Kier molecular flexibility index (Phi) is 2.95. The first-order chi connectivity index (χ1) is 9.67. The van der Waals surface area contributed by atoms with Gasteiger partial charge in [0.2, 0.25) is 0 Å². The standard InChI is InChI=1S/C15H12N2O3/c1-10-8-15(19)17(16-10)12-4-2-11(3-5-12)14-7-6-13(9-18)20-14/h2-7,9H,8H2,1H3. The summed E-state index contributed by atoms with van der Waals surface area (Å²) in [5.41, 5.74) is 2.37. The van der Waals surface area contributed by atoms with Crippen LogP contribution < -0.4 is 5.01 Å². The summed E-state index contributed by atoms with van der Waals surface area (Å²) < 4.78 is 5.35. The fourth-order valence-corrected chi connectivity index (χ4v) is 2.10. The molecule has 0 N–H and O–H groups in total. The number of hydrazone groups is 1. The van der Waals surface area contributed by atoms with Crippen LogP contribution in [0.15, 0.2) is 45.9 Å². The Morgan fingerprint density at radius 2 is 1.95 bits per heavy atom. The zero-order valence-corrected chi connectivity index (χ0v) is 10.9. The fourth-order valence-electron chi connectivity index (χ4n) is 2.10. The van der Waals surface area contributed by atoms with E-state index >= 15 is 0 Å². The van der Waals surface area contributed by atoms with Gasteiger partial charge in [0, 0.05) is 11.3 Å². The Morgan fingerprint density at radius 1 is 1.20 bits per heavy atom. The van der Waals surface area contributed by atoms with Crippen LogP contribution in [0.5, 0.6) is 0 Å². The molecule has 2 aromatic rings. The minimum absolute atomic E-state index is 0.0310. The monoisotopic (exact) mass is 268 g/mol. The third kappa shape index (κ3) is 2.14. The van der Waals surface area contributed by atoms with Gasteiger partial charge in [0.1, 0.15) is 5.76 Å². The first-order valence-corrected chi connectivity index (χ1v) is 6.20. The molecule has 1 aromatic heterocycles. The molecule has 0 fully saturated rings. The lowest BCUT2D eigenvalue weighted by Crippen LogP contribution is -2.19. The molecule has 5 nitrogen and oxygen atoms in total. The maximum atomic E-state index is 11.7. The van der Waals surface area contributed by atoms with Gasteiger partial charge in [-0.05, 0) is 43.3 Å². The van der Waals surface area contributed by atoms with E-state index in [1.54, 1.807) is 24.3 Å². The predicted octanol–water partition coefficient (Wildman–Crippen LogP) is 2.87. The summed E-state index contributed by atoms with van der Waals surface area (Å²) in [6, 6.07) is 10.6. The van der Waals surface area contributed by atoms with Gasteiger partial charge in [-0.15, -0.1) is 0 Å². The van der Waals surface area contributed by atoms with Crippen LogP contribution in [0.25, 0.3) is 11.3 Å². The number of nitrogens with zero attached hydrogens (tertiary/aromatic N) is 2. The number of carbonyl (C=O) groups is 2. The van der Waals surface area contributed by atoms with Crippen molar-refractivity contribution in [1.82, 2.24) is 0 Å². The molecule has 0 bridgehead atoms. The molecule has 0 spiro atoms. The third-order valence-corrected chi connectivity index (χ3v) is 3.05. The maximum Gasteiger partial charge on any atom is 0.253 e. The molecule has 1 aliphatic heterocycles. The van der Waals surface area contributed by atoms with Gasteiger partial charge >= 0.3 is 0 Å². The average Bonchev–Trinajstić information content (AvgIpc) is 3.05. The summed E-state index contributed by atoms with van der Waals surface area (Å²) in [6.07, 6.45) is 1.03. The number of carbonyl (C=O) groups excluding carboxylic acids is 2. The van der Waals surface area contributed by atoms with Crippen molar-refractivity contribution in [2.75, 3.05) is 5.01 Å². The topological polar surface area (TPSA) is 62.9 Å². The molecule has 1 aliphatic rings. The molecule has 0 saturated heterocycles. The molecule has 0 saturated carbocycles. The van der Waals surface area contributed by atoms with Crippen LogP contribution in [0.3, 0.4) is 0 Å². The second-order valence-electron chi connectivity index (χ2n) is 4.58. The second-order valence-corrected chi connectivity index (χ2v) is 4.58. The van der Waals surface area contributed by atoms with Crippen LogP contribution in [-0.4, -0.2) is 17.9 Å². The molecule has 0 radical (unpaired) electrons. The van der Waals surface area contributed by atoms with Crippen molar-refractivity contribution in [1.29, 1.82) is 0 Å². The molecule has 0 atom stereocenters. The highest BCUT2D eigenvalue weighted by molar-refractivity contribution is 6.12. The zero-order valence-electron chi connectivity index (χ0n) is 10.9. The Labute approximate surface area is 115 Å². The van der Waals surface area contributed by atoms with E-state index in [1.165, 1.54) is 5.01 Å². The quantitative estimate of drug-likeness (QED) is 0.804. The van der Waals surface area contributed by atoms with Gasteiger partial charge in [0.05, 0.1) is 12.1 Å². The highest BCUT2D eigenvalue weighted by Crippen LogP contribution is 2.26. The predicted molar refractivity (Wildman–Crippen MR) is 74.7 cm³/mol. The summed E-state index contributed by atoms with van der Waals surface area (Å²) in [5.74, 6) is 0.876. The van der Waals surface area contributed by atoms with Gasteiger partial charge in [-0.1, -0.05) is 0 Å². The fraction of sp³-hybridized carbons (Fsp3) is 0.133. The molecule has 1 aromatic carbocycles. The van der Waals surface area contributed by atoms with E-state index in [-0.39, 0.29) is 5.91 Å². The summed E-state index contributed by atoms with van der Waals surface area (Å²) >= 11 is 0. The van der Waals surface area contributed by atoms with Crippen LogP contribution >= 0.6 is 0 Å². The van der Waals surface area contributed by atoms with Crippen LogP contribution in [0.1, 0.15) is 23.9 Å². The molecule has 3 rings (SSSR count). The molecule has 100 valence electrons. The Morgan fingerprint density at radius 3 is 2.50 bits per heavy atom. The Balaban J connectivity index is 1.88. The van der Waals surface area contributed by atoms with Crippen molar-refractivity contribution < 1.29 is 14.0 Å². The van der Waals surface area contributed by atoms with Gasteiger partial charge in [-0.3, -0.25) is 9.59 Å². The average molecular weight is 268 g/mol. The van der Waals surface area contributed by atoms with Gasteiger partial charge < -0.3 is 4.42 Å². The van der Waals surface area contributed by atoms with E-state index in [9.17, 15) is 9.59 Å². The van der Waals surface area contributed by atoms with E-state index in [0.717, 1.165) is 17.0 Å². The van der Waals surface area contributed by atoms with Gasteiger partial charge in [0.25, 0.3) is 5.91 Å². The second kappa shape index (κ2) is 4.77. The van der Waals surface area contributed by atoms with E-state index < -0.39 is 0 Å². The number of furan rings is 1. The molecule has 0 unspecified atom stereocenters. The molecule has 20 heavy (non-hydrogen) atoms. The SMILES string of the molecule is CC1=NN(c2ccc(-c3ccc(C=O)o3)cc2)C(=O)C1.